The van der Waals surface area contributed by atoms with Gasteiger partial charge in [-0.2, -0.15) is 4.31 Å². The van der Waals surface area contributed by atoms with E-state index in [0.717, 1.165) is 31.2 Å². The van der Waals surface area contributed by atoms with Crippen molar-refractivity contribution >= 4 is 10.0 Å². The first-order valence-corrected chi connectivity index (χ1v) is 8.73. The Morgan fingerprint density at radius 3 is 2.40 bits per heavy atom. The molecule has 0 atom stereocenters. The van der Waals surface area contributed by atoms with Crippen molar-refractivity contribution in [3.8, 4) is 5.75 Å². The van der Waals surface area contributed by atoms with E-state index in [9.17, 15) is 8.42 Å². The van der Waals surface area contributed by atoms with Gasteiger partial charge in [0.2, 0.25) is 10.0 Å². The minimum Gasteiger partial charge on any atom is -0.492 e. The lowest BCUT2D eigenvalue weighted by molar-refractivity contribution is 0.328. The molecule has 1 saturated heterocycles. The largest absolute Gasteiger partial charge is 0.492 e. The molecule has 0 saturated carbocycles. The van der Waals surface area contributed by atoms with E-state index in [1.54, 1.807) is 16.4 Å². The predicted molar refractivity (Wildman–Crippen MR) is 79.6 cm³/mol. The van der Waals surface area contributed by atoms with E-state index in [0.29, 0.717) is 30.3 Å². The van der Waals surface area contributed by atoms with Gasteiger partial charge in [0.1, 0.15) is 10.6 Å². The predicted octanol–water partition coefficient (Wildman–Crippen LogP) is 2.96. The number of benzene rings is 1. The summed E-state index contributed by atoms with van der Waals surface area (Å²) >= 11 is 0. The smallest absolute Gasteiger partial charge is 0.246 e. The van der Waals surface area contributed by atoms with Gasteiger partial charge >= 0.3 is 0 Å². The summed E-state index contributed by atoms with van der Waals surface area (Å²) in [6.45, 7) is 5.45. The lowest BCUT2D eigenvalue weighted by atomic mass is 10.2. The third-order valence-electron chi connectivity index (χ3n) is 3.58. The molecular formula is C15H23NO3S. The molecule has 1 aromatic rings. The molecule has 1 heterocycles. The lowest BCUT2D eigenvalue weighted by Crippen LogP contribution is -2.32. The van der Waals surface area contributed by atoms with Gasteiger partial charge in [-0.1, -0.05) is 18.9 Å². The summed E-state index contributed by atoms with van der Waals surface area (Å²) in [5.74, 6) is 0.461. The van der Waals surface area contributed by atoms with Crippen LogP contribution in [0.4, 0.5) is 0 Å². The average molecular weight is 297 g/mol. The number of sulfonamides is 1. The van der Waals surface area contributed by atoms with Crippen LogP contribution in [0.1, 0.15) is 38.2 Å². The maximum Gasteiger partial charge on any atom is 0.246 e. The van der Waals surface area contributed by atoms with Crippen LogP contribution in [0.25, 0.3) is 0 Å². The SMILES string of the molecule is CCOc1ccc(C)cc1S(=O)(=O)N1CCCCCC1. The molecular weight excluding hydrogens is 274 g/mol. The third kappa shape index (κ3) is 3.33. The van der Waals surface area contributed by atoms with E-state index in [1.807, 2.05) is 19.9 Å². The van der Waals surface area contributed by atoms with Crippen molar-refractivity contribution in [2.75, 3.05) is 19.7 Å². The Morgan fingerprint density at radius 2 is 1.80 bits per heavy atom. The van der Waals surface area contributed by atoms with Crippen LogP contribution in [0.2, 0.25) is 0 Å². The maximum absolute atomic E-state index is 12.8. The molecule has 0 aliphatic carbocycles. The fourth-order valence-corrected chi connectivity index (χ4v) is 4.25. The Bertz CT molecular complexity index is 546. The molecule has 2 rings (SSSR count). The second-order valence-electron chi connectivity index (χ2n) is 5.20. The molecule has 0 N–H and O–H groups in total. The van der Waals surface area contributed by atoms with Crippen molar-refractivity contribution in [3.63, 3.8) is 0 Å². The van der Waals surface area contributed by atoms with Gasteiger partial charge in [-0.3, -0.25) is 0 Å². The number of rotatable bonds is 4. The number of hydrogen-bond donors (Lipinski definition) is 0. The highest BCUT2D eigenvalue weighted by Gasteiger charge is 2.28. The fourth-order valence-electron chi connectivity index (χ4n) is 2.51. The molecule has 20 heavy (non-hydrogen) atoms. The Labute approximate surface area is 121 Å². The van der Waals surface area contributed by atoms with Gasteiger partial charge in [0.15, 0.2) is 0 Å². The van der Waals surface area contributed by atoms with Gasteiger partial charge in [-0.05, 0) is 44.4 Å². The van der Waals surface area contributed by atoms with Crippen LogP contribution < -0.4 is 4.74 Å². The van der Waals surface area contributed by atoms with E-state index in [2.05, 4.69) is 0 Å². The zero-order chi connectivity index (χ0) is 14.6. The monoisotopic (exact) mass is 297 g/mol. The van der Waals surface area contributed by atoms with Crippen LogP contribution in [0.15, 0.2) is 23.1 Å². The van der Waals surface area contributed by atoms with Crippen LogP contribution >= 0.6 is 0 Å². The van der Waals surface area contributed by atoms with Gasteiger partial charge in [-0.15, -0.1) is 0 Å². The second-order valence-corrected chi connectivity index (χ2v) is 7.11. The first-order valence-electron chi connectivity index (χ1n) is 7.29. The first kappa shape index (κ1) is 15.3. The van der Waals surface area contributed by atoms with Gasteiger partial charge in [0.25, 0.3) is 0 Å². The molecule has 4 nitrogen and oxygen atoms in total. The van der Waals surface area contributed by atoms with Gasteiger partial charge in [-0.25, -0.2) is 8.42 Å². The van der Waals surface area contributed by atoms with Crippen LogP contribution in [-0.4, -0.2) is 32.4 Å². The van der Waals surface area contributed by atoms with Crippen molar-refractivity contribution in [2.24, 2.45) is 0 Å². The zero-order valence-electron chi connectivity index (χ0n) is 12.3. The summed E-state index contributed by atoms with van der Waals surface area (Å²) < 4.78 is 32.8. The van der Waals surface area contributed by atoms with Gasteiger partial charge in [0.05, 0.1) is 6.61 Å². The topological polar surface area (TPSA) is 46.6 Å². The molecule has 0 spiro atoms. The second kappa shape index (κ2) is 6.59. The van der Waals surface area contributed by atoms with Crippen molar-refractivity contribution < 1.29 is 13.2 Å². The highest BCUT2D eigenvalue weighted by atomic mass is 32.2. The van der Waals surface area contributed by atoms with E-state index < -0.39 is 10.0 Å². The summed E-state index contributed by atoms with van der Waals surface area (Å²) in [7, 11) is -3.45. The Kier molecular flexibility index (Phi) is 5.05. The Balaban J connectivity index is 2.39. The number of hydrogen-bond acceptors (Lipinski definition) is 3. The Morgan fingerprint density at radius 1 is 1.15 bits per heavy atom. The van der Waals surface area contributed by atoms with E-state index >= 15 is 0 Å². The van der Waals surface area contributed by atoms with Crippen LogP contribution in [0.3, 0.4) is 0 Å². The van der Waals surface area contributed by atoms with Gasteiger partial charge < -0.3 is 4.74 Å². The molecule has 0 unspecified atom stereocenters. The van der Waals surface area contributed by atoms with Gasteiger partial charge in [0, 0.05) is 13.1 Å². The van der Waals surface area contributed by atoms with E-state index in [4.69, 9.17) is 4.74 Å². The van der Waals surface area contributed by atoms with Crippen molar-refractivity contribution in [1.29, 1.82) is 0 Å². The van der Waals surface area contributed by atoms with Crippen LogP contribution in [-0.2, 0) is 10.0 Å². The molecule has 1 aliphatic rings. The normalized spacial score (nSPS) is 17.7. The number of ether oxygens (including phenoxy) is 1. The van der Waals surface area contributed by atoms with E-state index in [1.165, 1.54) is 0 Å². The number of nitrogens with zero attached hydrogens (tertiary/aromatic N) is 1. The Hall–Kier alpha value is -1.07. The summed E-state index contributed by atoms with van der Waals surface area (Å²) in [6, 6.07) is 5.35. The molecule has 1 fully saturated rings. The maximum atomic E-state index is 12.8. The van der Waals surface area contributed by atoms with Crippen LogP contribution in [0.5, 0.6) is 5.75 Å². The highest BCUT2D eigenvalue weighted by molar-refractivity contribution is 7.89. The highest BCUT2D eigenvalue weighted by Crippen LogP contribution is 2.29. The quantitative estimate of drug-likeness (QED) is 0.858. The molecule has 112 valence electrons. The fraction of sp³-hybridized carbons (Fsp3) is 0.600. The zero-order valence-corrected chi connectivity index (χ0v) is 13.1. The molecule has 5 heteroatoms. The third-order valence-corrected chi connectivity index (χ3v) is 5.50. The summed E-state index contributed by atoms with van der Waals surface area (Å²) in [6.07, 6.45) is 4.10. The average Bonchev–Trinajstić information content (AvgIpc) is 2.70. The minimum atomic E-state index is -3.45. The molecule has 0 amide bonds. The van der Waals surface area contributed by atoms with Crippen LogP contribution in [0, 0.1) is 6.92 Å². The molecule has 0 bridgehead atoms. The molecule has 0 aromatic heterocycles. The first-order chi connectivity index (χ1) is 9.55. The van der Waals surface area contributed by atoms with Crippen molar-refractivity contribution in [1.82, 2.24) is 4.31 Å². The van der Waals surface area contributed by atoms with Crippen molar-refractivity contribution in [3.05, 3.63) is 23.8 Å². The van der Waals surface area contributed by atoms with Crippen molar-refractivity contribution in [2.45, 2.75) is 44.4 Å². The van der Waals surface area contributed by atoms with E-state index in [-0.39, 0.29) is 0 Å². The standard InChI is InChI=1S/C15H23NO3S/c1-3-19-14-9-8-13(2)12-15(14)20(17,18)16-10-6-4-5-7-11-16/h8-9,12H,3-7,10-11H2,1-2H3. The molecule has 0 radical (unpaired) electrons. The summed E-state index contributed by atoms with van der Waals surface area (Å²) in [5.41, 5.74) is 0.932. The molecule has 1 aliphatic heterocycles. The minimum absolute atomic E-state index is 0.307. The summed E-state index contributed by atoms with van der Waals surface area (Å²) in [4.78, 5) is 0.307. The summed E-state index contributed by atoms with van der Waals surface area (Å²) in [5, 5.41) is 0. The lowest BCUT2D eigenvalue weighted by Gasteiger charge is -2.21. The number of aryl methyl sites for hydroxylation is 1. The molecule has 1 aromatic carbocycles.